The Kier molecular flexibility index (Phi) is 7.57. The summed E-state index contributed by atoms with van der Waals surface area (Å²) in [5, 5.41) is 0. The molecule has 1 saturated carbocycles. The number of alkyl halides is 1. The maximum absolute atomic E-state index is 12.4. The second kappa shape index (κ2) is 10.8. The lowest BCUT2D eigenvalue weighted by Gasteiger charge is -2.28. The summed E-state index contributed by atoms with van der Waals surface area (Å²) in [5.74, 6) is 1.45. The van der Waals surface area contributed by atoms with Crippen molar-refractivity contribution in [3.8, 4) is 11.1 Å². The summed E-state index contributed by atoms with van der Waals surface area (Å²) >= 11 is 0. The summed E-state index contributed by atoms with van der Waals surface area (Å²) in [5.41, 5.74) is 8.18. The van der Waals surface area contributed by atoms with Crippen LogP contribution in [-0.2, 0) is 12.8 Å². The van der Waals surface area contributed by atoms with Crippen LogP contribution in [0.4, 0.5) is 4.39 Å². The first kappa shape index (κ1) is 21.8. The summed E-state index contributed by atoms with van der Waals surface area (Å²) in [6, 6.07) is 27.1. The predicted molar refractivity (Wildman–Crippen MR) is 130 cm³/mol. The van der Waals surface area contributed by atoms with Gasteiger partial charge in [0, 0.05) is 0 Å². The molecule has 1 aliphatic carbocycles. The van der Waals surface area contributed by atoms with Crippen molar-refractivity contribution in [2.45, 2.75) is 64.2 Å². The van der Waals surface area contributed by atoms with Crippen LogP contribution in [0.1, 0.15) is 66.7 Å². The van der Waals surface area contributed by atoms with Crippen molar-refractivity contribution >= 4 is 0 Å². The van der Waals surface area contributed by atoms with E-state index in [9.17, 15) is 4.39 Å². The zero-order valence-corrected chi connectivity index (χ0v) is 18.8. The van der Waals surface area contributed by atoms with Gasteiger partial charge in [0.25, 0.3) is 0 Å². The van der Waals surface area contributed by atoms with Crippen molar-refractivity contribution < 1.29 is 4.39 Å². The number of rotatable bonds is 8. The molecule has 0 nitrogen and oxygen atoms in total. The van der Waals surface area contributed by atoms with Gasteiger partial charge in [0.05, 0.1) is 6.67 Å². The van der Waals surface area contributed by atoms with E-state index in [2.05, 4.69) is 79.7 Å². The molecule has 1 heteroatoms. The van der Waals surface area contributed by atoms with Gasteiger partial charge in [-0.1, -0.05) is 78.4 Å². The summed E-state index contributed by atoms with van der Waals surface area (Å²) in [4.78, 5) is 0. The normalized spacial score (nSPS) is 18.8. The molecular formula is C30H35F. The number of aryl methyl sites for hydroxylation is 3. The molecule has 4 rings (SSSR count). The lowest BCUT2D eigenvalue weighted by Crippen LogP contribution is -2.13. The first-order valence-electron chi connectivity index (χ1n) is 12.0. The summed E-state index contributed by atoms with van der Waals surface area (Å²) < 4.78 is 12.4. The number of halogens is 1. The molecule has 0 bridgehead atoms. The van der Waals surface area contributed by atoms with Gasteiger partial charge in [-0.05, 0) is 97.9 Å². The zero-order chi connectivity index (χ0) is 21.5. The van der Waals surface area contributed by atoms with Crippen molar-refractivity contribution in [3.05, 3.63) is 95.1 Å². The van der Waals surface area contributed by atoms with Crippen molar-refractivity contribution in [1.29, 1.82) is 0 Å². The Bertz CT molecular complexity index is 914. The average molecular weight is 415 g/mol. The second-order valence-corrected chi connectivity index (χ2v) is 9.35. The Balaban J connectivity index is 1.27. The van der Waals surface area contributed by atoms with Crippen molar-refractivity contribution in [3.63, 3.8) is 0 Å². The predicted octanol–water partition coefficient (Wildman–Crippen LogP) is 8.47. The number of hydrogen-bond donors (Lipinski definition) is 0. The van der Waals surface area contributed by atoms with E-state index in [4.69, 9.17) is 0 Å². The van der Waals surface area contributed by atoms with Crippen LogP contribution in [0.2, 0.25) is 0 Å². The SMILES string of the molecule is Cc1ccc(-c2ccc(CCc3ccc(C4CCC(CCCF)CC4)cc3)cc2)cc1. The van der Waals surface area contributed by atoms with Gasteiger partial charge >= 0.3 is 0 Å². The minimum absolute atomic E-state index is 0.154. The van der Waals surface area contributed by atoms with Crippen LogP contribution >= 0.6 is 0 Å². The third kappa shape index (κ3) is 6.06. The van der Waals surface area contributed by atoms with Crippen LogP contribution in [-0.4, -0.2) is 6.67 Å². The molecule has 0 atom stereocenters. The molecule has 3 aromatic rings. The third-order valence-electron chi connectivity index (χ3n) is 7.09. The first-order chi connectivity index (χ1) is 15.2. The maximum Gasteiger partial charge on any atom is 0.0894 e. The fourth-order valence-corrected chi connectivity index (χ4v) is 5.01. The molecule has 0 unspecified atom stereocenters. The molecule has 1 fully saturated rings. The van der Waals surface area contributed by atoms with Crippen LogP contribution in [0.3, 0.4) is 0 Å². The summed E-state index contributed by atoms with van der Waals surface area (Å²) in [7, 11) is 0. The molecule has 0 spiro atoms. The van der Waals surface area contributed by atoms with Gasteiger partial charge in [-0.2, -0.15) is 0 Å². The molecule has 31 heavy (non-hydrogen) atoms. The molecule has 0 saturated heterocycles. The number of benzene rings is 3. The molecule has 0 radical (unpaired) electrons. The average Bonchev–Trinajstić information content (AvgIpc) is 2.83. The summed E-state index contributed by atoms with van der Waals surface area (Å²) in [6.45, 7) is 1.97. The van der Waals surface area contributed by atoms with E-state index < -0.39 is 0 Å². The molecule has 162 valence electrons. The Labute approximate surface area is 187 Å². The van der Waals surface area contributed by atoms with Crippen LogP contribution in [0.15, 0.2) is 72.8 Å². The molecule has 0 aliphatic heterocycles. The Morgan fingerprint density at radius 1 is 0.677 bits per heavy atom. The van der Waals surface area contributed by atoms with E-state index >= 15 is 0 Å². The van der Waals surface area contributed by atoms with Crippen molar-refractivity contribution in [2.75, 3.05) is 6.67 Å². The Morgan fingerprint density at radius 3 is 1.74 bits per heavy atom. The van der Waals surface area contributed by atoms with Gasteiger partial charge in [-0.3, -0.25) is 4.39 Å². The van der Waals surface area contributed by atoms with Gasteiger partial charge < -0.3 is 0 Å². The first-order valence-corrected chi connectivity index (χ1v) is 12.0. The smallest absolute Gasteiger partial charge is 0.0894 e. The zero-order valence-electron chi connectivity index (χ0n) is 18.8. The third-order valence-corrected chi connectivity index (χ3v) is 7.09. The fraction of sp³-hybridized carbons (Fsp3) is 0.400. The molecule has 3 aromatic carbocycles. The standard InChI is InChI=1S/C30H35F/c1-23-4-14-27(15-5-23)28-18-10-25(11-19-28)6-7-26-12-20-30(21-13-26)29-16-8-24(9-17-29)3-2-22-31/h4-5,10-15,18-21,24,29H,2-3,6-9,16-17,22H2,1H3. The van der Waals surface area contributed by atoms with E-state index in [0.717, 1.165) is 31.6 Å². The highest BCUT2D eigenvalue weighted by molar-refractivity contribution is 5.63. The maximum atomic E-state index is 12.4. The highest BCUT2D eigenvalue weighted by Gasteiger charge is 2.21. The quantitative estimate of drug-likeness (QED) is 0.347. The van der Waals surface area contributed by atoms with E-state index in [1.165, 1.54) is 59.1 Å². The molecule has 0 N–H and O–H groups in total. The summed E-state index contributed by atoms with van der Waals surface area (Å²) in [6.07, 6.45) is 9.06. The minimum atomic E-state index is -0.154. The Hall–Kier alpha value is -2.41. The van der Waals surface area contributed by atoms with E-state index in [1.54, 1.807) is 0 Å². The molecular weight excluding hydrogens is 379 g/mol. The van der Waals surface area contributed by atoms with E-state index in [0.29, 0.717) is 5.92 Å². The van der Waals surface area contributed by atoms with Crippen LogP contribution in [0.25, 0.3) is 11.1 Å². The molecule has 0 heterocycles. The number of hydrogen-bond acceptors (Lipinski definition) is 0. The van der Waals surface area contributed by atoms with E-state index in [1.807, 2.05) is 0 Å². The topological polar surface area (TPSA) is 0 Å². The molecule has 0 amide bonds. The van der Waals surface area contributed by atoms with E-state index in [-0.39, 0.29) is 6.67 Å². The fourth-order valence-electron chi connectivity index (χ4n) is 5.01. The van der Waals surface area contributed by atoms with Crippen molar-refractivity contribution in [1.82, 2.24) is 0 Å². The molecule has 0 aromatic heterocycles. The van der Waals surface area contributed by atoms with Crippen LogP contribution in [0, 0.1) is 12.8 Å². The highest BCUT2D eigenvalue weighted by Crippen LogP contribution is 2.37. The highest BCUT2D eigenvalue weighted by atomic mass is 19.1. The van der Waals surface area contributed by atoms with Gasteiger partial charge in [0.2, 0.25) is 0 Å². The van der Waals surface area contributed by atoms with Gasteiger partial charge in [0.1, 0.15) is 0 Å². The minimum Gasteiger partial charge on any atom is -0.251 e. The molecule has 1 aliphatic rings. The van der Waals surface area contributed by atoms with Crippen LogP contribution in [0.5, 0.6) is 0 Å². The van der Waals surface area contributed by atoms with Crippen LogP contribution < -0.4 is 0 Å². The Morgan fingerprint density at radius 2 is 1.19 bits per heavy atom. The second-order valence-electron chi connectivity index (χ2n) is 9.35. The largest absolute Gasteiger partial charge is 0.251 e. The van der Waals surface area contributed by atoms with Gasteiger partial charge in [0.15, 0.2) is 0 Å². The lowest BCUT2D eigenvalue weighted by molar-refractivity contribution is 0.293. The lowest BCUT2D eigenvalue weighted by atomic mass is 9.77. The van der Waals surface area contributed by atoms with Gasteiger partial charge in [-0.15, -0.1) is 0 Å². The van der Waals surface area contributed by atoms with Crippen molar-refractivity contribution in [2.24, 2.45) is 5.92 Å². The van der Waals surface area contributed by atoms with Gasteiger partial charge in [-0.25, -0.2) is 0 Å². The monoisotopic (exact) mass is 414 g/mol.